The zero-order valence-electron chi connectivity index (χ0n) is 10.4. The Bertz CT molecular complexity index is 415. The molecule has 1 heterocycles. The van der Waals surface area contributed by atoms with E-state index in [2.05, 4.69) is 5.10 Å². The van der Waals surface area contributed by atoms with Crippen LogP contribution in [-0.4, -0.2) is 32.3 Å². The van der Waals surface area contributed by atoms with Gasteiger partial charge < -0.3 is 4.74 Å². The maximum atomic E-state index is 11.7. The molecule has 1 unspecified atom stereocenters. The summed E-state index contributed by atoms with van der Waals surface area (Å²) in [6, 6.07) is 0. The molecule has 1 atom stereocenters. The lowest BCUT2D eigenvalue weighted by molar-refractivity contribution is 0.0525. The first-order valence-electron chi connectivity index (χ1n) is 5.63. The van der Waals surface area contributed by atoms with Crippen LogP contribution in [0.4, 0.5) is 0 Å². The fraction of sp³-hybridized carbons (Fsp3) is 0.636. The molecule has 0 N–H and O–H groups in total. The van der Waals surface area contributed by atoms with Crippen LogP contribution in [0.15, 0.2) is 6.20 Å². The lowest BCUT2D eigenvalue weighted by Gasteiger charge is -2.05. The Balaban J connectivity index is 2.86. The van der Waals surface area contributed by atoms with Crippen molar-refractivity contribution in [3.8, 4) is 0 Å². The van der Waals surface area contributed by atoms with E-state index >= 15 is 0 Å². The van der Waals surface area contributed by atoms with Crippen molar-refractivity contribution in [1.29, 1.82) is 0 Å². The number of carbonyl (C=O) groups excluding carboxylic acids is 1. The highest BCUT2D eigenvalue weighted by Gasteiger charge is 2.18. The second-order valence-electron chi connectivity index (χ2n) is 3.64. The second-order valence-corrected chi connectivity index (χ2v) is 5.21. The predicted molar refractivity (Wildman–Crippen MR) is 66.2 cm³/mol. The van der Waals surface area contributed by atoms with Crippen LogP contribution in [0, 0.1) is 0 Å². The van der Waals surface area contributed by atoms with Crippen LogP contribution < -0.4 is 0 Å². The molecule has 5 nitrogen and oxygen atoms in total. The van der Waals surface area contributed by atoms with Crippen LogP contribution in [0.5, 0.6) is 0 Å². The van der Waals surface area contributed by atoms with Crippen LogP contribution >= 0.6 is 0 Å². The Labute approximate surface area is 104 Å². The maximum absolute atomic E-state index is 11.7. The van der Waals surface area contributed by atoms with Crippen LogP contribution in [0.25, 0.3) is 0 Å². The number of rotatable bonds is 6. The minimum atomic E-state index is -0.959. The fourth-order valence-corrected chi connectivity index (χ4v) is 2.71. The van der Waals surface area contributed by atoms with E-state index in [9.17, 15) is 9.00 Å². The lowest BCUT2D eigenvalue weighted by atomic mass is 10.3. The molecule has 0 saturated carbocycles. The summed E-state index contributed by atoms with van der Waals surface area (Å²) >= 11 is 0. The average molecular weight is 258 g/mol. The third kappa shape index (κ3) is 3.66. The highest BCUT2D eigenvalue weighted by atomic mass is 32.2. The third-order valence-corrected chi connectivity index (χ3v) is 3.75. The molecular weight excluding hydrogens is 240 g/mol. The van der Waals surface area contributed by atoms with Gasteiger partial charge >= 0.3 is 5.97 Å². The van der Waals surface area contributed by atoms with Gasteiger partial charge in [-0.25, -0.2) is 4.79 Å². The van der Waals surface area contributed by atoms with E-state index < -0.39 is 16.8 Å². The summed E-state index contributed by atoms with van der Waals surface area (Å²) in [6.07, 6.45) is 2.33. The first kappa shape index (κ1) is 13.9. The smallest absolute Gasteiger partial charge is 0.341 e. The first-order chi connectivity index (χ1) is 8.10. The molecule has 1 rings (SSSR count). The van der Waals surface area contributed by atoms with E-state index in [0.29, 0.717) is 29.4 Å². The maximum Gasteiger partial charge on any atom is 0.341 e. The van der Waals surface area contributed by atoms with Gasteiger partial charge in [-0.1, -0.05) is 6.92 Å². The molecular formula is C11H18N2O3S. The molecule has 0 aliphatic rings. The molecule has 0 aromatic carbocycles. The van der Waals surface area contributed by atoms with Crippen LogP contribution in [0.1, 0.15) is 36.3 Å². The van der Waals surface area contributed by atoms with E-state index in [1.165, 1.54) is 6.20 Å². The Hall–Kier alpha value is -1.17. The third-order valence-electron chi connectivity index (χ3n) is 2.29. The van der Waals surface area contributed by atoms with Crippen molar-refractivity contribution in [3.63, 3.8) is 0 Å². The molecule has 0 bridgehead atoms. The SMILES string of the molecule is CCCS(=O)Cc1c(C(=O)OCC)cnn1C. The van der Waals surface area contributed by atoms with Gasteiger partial charge in [-0.15, -0.1) is 0 Å². The molecule has 0 amide bonds. The Kier molecular flexibility index (Phi) is 5.34. The number of carbonyl (C=O) groups is 1. The summed E-state index contributed by atoms with van der Waals surface area (Å²) in [5, 5.41) is 4.01. The molecule has 17 heavy (non-hydrogen) atoms. The normalized spacial score (nSPS) is 12.4. The van der Waals surface area contributed by atoms with Gasteiger partial charge in [0, 0.05) is 23.6 Å². The van der Waals surface area contributed by atoms with Gasteiger partial charge in [0.25, 0.3) is 0 Å². The van der Waals surface area contributed by atoms with Gasteiger partial charge in [-0.05, 0) is 13.3 Å². The number of esters is 1. The zero-order valence-corrected chi connectivity index (χ0v) is 11.2. The largest absolute Gasteiger partial charge is 0.462 e. The highest BCUT2D eigenvalue weighted by Crippen LogP contribution is 2.12. The van der Waals surface area contributed by atoms with E-state index in [-0.39, 0.29) is 0 Å². The summed E-state index contributed by atoms with van der Waals surface area (Å²) in [6.45, 7) is 4.06. The Morgan fingerprint density at radius 2 is 2.24 bits per heavy atom. The van der Waals surface area contributed by atoms with Crippen molar-refractivity contribution in [2.24, 2.45) is 7.05 Å². The van der Waals surface area contributed by atoms with Crippen LogP contribution in [-0.2, 0) is 28.3 Å². The predicted octanol–water partition coefficient (Wildman–Crippen LogP) is 1.26. The number of hydrogen-bond acceptors (Lipinski definition) is 4. The quantitative estimate of drug-likeness (QED) is 0.721. The van der Waals surface area contributed by atoms with Crippen molar-refractivity contribution < 1.29 is 13.7 Å². The van der Waals surface area contributed by atoms with Crippen molar-refractivity contribution in [2.75, 3.05) is 12.4 Å². The van der Waals surface area contributed by atoms with Gasteiger partial charge in [-0.3, -0.25) is 8.89 Å². The van der Waals surface area contributed by atoms with Crippen molar-refractivity contribution in [2.45, 2.75) is 26.0 Å². The summed E-state index contributed by atoms with van der Waals surface area (Å²) in [5.41, 5.74) is 1.09. The second kappa shape index (κ2) is 6.54. The summed E-state index contributed by atoms with van der Waals surface area (Å²) in [5.74, 6) is 0.579. The minimum absolute atomic E-state index is 0.325. The van der Waals surface area contributed by atoms with E-state index in [4.69, 9.17) is 4.74 Å². The van der Waals surface area contributed by atoms with Crippen molar-refractivity contribution in [1.82, 2.24) is 9.78 Å². The summed E-state index contributed by atoms with van der Waals surface area (Å²) in [7, 11) is 0.778. The highest BCUT2D eigenvalue weighted by molar-refractivity contribution is 7.84. The molecule has 0 aliphatic carbocycles. The standard InChI is InChI=1S/C11H18N2O3S/c1-4-6-17(15)8-10-9(7-12-13(10)3)11(14)16-5-2/h7H,4-6,8H2,1-3H3. The first-order valence-corrected chi connectivity index (χ1v) is 7.11. The van der Waals surface area contributed by atoms with Crippen molar-refractivity contribution in [3.05, 3.63) is 17.5 Å². The van der Waals surface area contributed by atoms with Gasteiger partial charge in [0.1, 0.15) is 5.56 Å². The number of aryl methyl sites for hydroxylation is 1. The molecule has 0 radical (unpaired) electrons. The number of hydrogen-bond donors (Lipinski definition) is 0. The van der Waals surface area contributed by atoms with Gasteiger partial charge in [0.15, 0.2) is 0 Å². The molecule has 1 aromatic rings. The van der Waals surface area contributed by atoms with Crippen LogP contribution in [0.3, 0.4) is 0 Å². The Morgan fingerprint density at radius 1 is 1.53 bits per heavy atom. The number of aromatic nitrogens is 2. The monoisotopic (exact) mass is 258 g/mol. The molecule has 0 fully saturated rings. The van der Waals surface area contributed by atoms with Gasteiger partial charge in [0.2, 0.25) is 0 Å². The summed E-state index contributed by atoms with van der Waals surface area (Å²) in [4.78, 5) is 11.6. The minimum Gasteiger partial charge on any atom is -0.462 e. The van der Waals surface area contributed by atoms with Gasteiger partial charge in [0.05, 0.1) is 24.3 Å². The molecule has 0 saturated heterocycles. The van der Waals surface area contributed by atoms with E-state index in [1.54, 1.807) is 18.7 Å². The lowest BCUT2D eigenvalue weighted by Crippen LogP contribution is -2.11. The fourth-order valence-electron chi connectivity index (χ4n) is 1.47. The molecule has 6 heteroatoms. The summed E-state index contributed by atoms with van der Waals surface area (Å²) < 4.78 is 18.2. The van der Waals surface area contributed by atoms with Gasteiger partial charge in [-0.2, -0.15) is 5.10 Å². The topological polar surface area (TPSA) is 61.2 Å². The number of nitrogens with zero attached hydrogens (tertiary/aromatic N) is 2. The molecule has 96 valence electrons. The van der Waals surface area contributed by atoms with E-state index in [0.717, 1.165) is 6.42 Å². The zero-order chi connectivity index (χ0) is 12.8. The van der Waals surface area contributed by atoms with Crippen molar-refractivity contribution >= 4 is 16.8 Å². The molecule has 0 spiro atoms. The average Bonchev–Trinajstić information content (AvgIpc) is 2.61. The van der Waals surface area contributed by atoms with E-state index in [1.807, 2.05) is 6.92 Å². The van der Waals surface area contributed by atoms with Crippen LogP contribution in [0.2, 0.25) is 0 Å². The molecule has 0 aliphatic heterocycles. The Morgan fingerprint density at radius 3 is 2.82 bits per heavy atom. The number of ether oxygens (including phenoxy) is 1. The molecule has 1 aromatic heterocycles.